The zero-order valence-electron chi connectivity index (χ0n) is 11.3. The molecule has 0 bridgehead atoms. The molecule has 0 spiro atoms. The Morgan fingerprint density at radius 2 is 2.11 bits per heavy atom. The molecule has 19 heavy (non-hydrogen) atoms. The van der Waals surface area contributed by atoms with Gasteiger partial charge in [0, 0.05) is 11.6 Å². The van der Waals surface area contributed by atoms with Crippen LogP contribution in [0.2, 0.25) is 5.02 Å². The maximum atomic E-state index is 11.6. The molecule has 0 amide bonds. The molecule has 0 saturated heterocycles. The van der Waals surface area contributed by atoms with E-state index in [0.717, 1.165) is 17.7 Å². The van der Waals surface area contributed by atoms with E-state index in [1.807, 2.05) is 6.92 Å². The van der Waals surface area contributed by atoms with Gasteiger partial charge >= 0.3 is 0 Å². The van der Waals surface area contributed by atoms with Crippen LogP contribution in [0.3, 0.4) is 0 Å². The number of rotatable bonds is 8. The molecule has 0 aliphatic rings. The second-order valence-corrected chi connectivity index (χ2v) is 6.64. The summed E-state index contributed by atoms with van der Waals surface area (Å²) >= 11 is 5.92. The Balaban J connectivity index is 2.55. The van der Waals surface area contributed by atoms with Gasteiger partial charge in [0.25, 0.3) is 0 Å². The largest absolute Gasteiger partial charge is 0.496 e. The van der Waals surface area contributed by atoms with E-state index < -0.39 is 10.0 Å². The molecule has 0 radical (unpaired) electrons. The summed E-state index contributed by atoms with van der Waals surface area (Å²) in [7, 11) is -1.59. The minimum absolute atomic E-state index is 0.177. The highest BCUT2D eigenvalue weighted by molar-refractivity contribution is 7.89. The van der Waals surface area contributed by atoms with Crippen molar-refractivity contribution in [3.63, 3.8) is 0 Å². The van der Waals surface area contributed by atoms with Crippen molar-refractivity contribution >= 4 is 21.6 Å². The van der Waals surface area contributed by atoms with Crippen LogP contribution in [0.4, 0.5) is 0 Å². The minimum atomic E-state index is -3.17. The van der Waals surface area contributed by atoms with Crippen LogP contribution in [0.1, 0.15) is 25.3 Å². The second-order valence-electron chi connectivity index (χ2n) is 4.27. The first-order valence-corrected chi connectivity index (χ1v) is 8.31. The van der Waals surface area contributed by atoms with Crippen molar-refractivity contribution in [2.75, 3.05) is 19.4 Å². The van der Waals surface area contributed by atoms with Gasteiger partial charge in [-0.3, -0.25) is 0 Å². The average molecular weight is 306 g/mol. The number of unbranched alkanes of at least 4 members (excludes halogenated alkanes) is 1. The third-order valence-corrected chi connectivity index (χ3v) is 4.43. The maximum absolute atomic E-state index is 11.6. The molecule has 1 rings (SSSR count). The highest BCUT2D eigenvalue weighted by atomic mass is 35.5. The fourth-order valence-electron chi connectivity index (χ4n) is 1.69. The van der Waals surface area contributed by atoms with Crippen molar-refractivity contribution in [2.24, 2.45) is 0 Å². The lowest BCUT2D eigenvalue weighted by molar-refractivity contribution is 0.409. The third kappa shape index (κ3) is 5.80. The Morgan fingerprint density at radius 1 is 1.37 bits per heavy atom. The number of ether oxygens (including phenoxy) is 1. The maximum Gasteiger partial charge on any atom is 0.211 e. The van der Waals surface area contributed by atoms with Crippen LogP contribution in [-0.2, 0) is 16.4 Å². The summed E-state index contributed by atoms with van der Waals surface area (Å²) in [6, 6.07) is 5.32. The number of hydrogen-bond donors (Lipinski definition) is 1. The molecule has 0 aliphatic carbocycles. The van der Waals surface area contributed by atoms with E-state index in [0.29, 0.717) is 24.4 Å². The zero-order chi connectivity index (χ0) is 14.3. The van der Waals surface area contributed by atoms with E-state index in [4.69, 9.17) is 16.3 Å². The first-order chi connectivity index (χ1) is 8.98. The van der Waals surface area contributed by atoms with Gasteiger partial charge in [0.15, 0.2) is 0 Å². The van der Waals surface area contributed by atoms with Gasteiger partial charge in [0.1, 0.15) is 5.75 Å². The summed E-state index contributed by atoms with van der Waals surface area (Å²) in [5, 5.41) is 0.615. The van der Waals surface area contributed by atoms with Crippen LogP contribution in [0, 0.1) is 0 Å². The molecule has 1 aromatic rings. The van der Waals surface area contributed by atoms with E-state index in [1.165, 1.54) is 0 Å². The Kier molecular flexibility index (Phi) is 6.62. The molecule has 0 saturated carbocycles. The highest BCUT2D eigenvalue weighted by Crippen LogP contribution is 2.22. The summed E-state index contributed by atoms with van der Waals surface area (Å²) < 4.78 is 31.1. The summed E-state index contributed by atoms with van der Waals surface area (Å²) in [4.78, 5) is 0. The Bertz CT molecular complexity index is 503. The first-order valence-electron chi connectivity index (χ1n) is 6.28. The molecule has 0 atom stereocenters. The van der Waals surface area contributed by atoms with E-state index in [9.17, 15) is 8.42 Å². The molecule has 1 aromatic carbocycles. The Labute approximate surface area is 120 Å². The number of methoxy groups -OCH3 is 1. The molecule has 0 fully saturated rings. The lowest BCUT2D eigenvalue weighted by Crippen LogP contribution is -2.28. The van der Waals surface area contributed by atoms with Gasteiger partial charge in [-0.2, -0.15) is 0 Å². The van der Waals surface area contributed by atoms with E-state index in [1.54, 1.807) is 25.3 Å². The predicted molar refractivity (Wildman–Crippen MR) is 78.4 cm³/mol. The normalized spacial score (nSPS) is 11.5. The molecule has 4 nitrogen and oxygen atoms in total. The van der Waals surface area contributed by atoms with Gasteiger partial charge in [0.2, 0.25) is 10.0 Å². The minimum Gasteiger partial charge on any atom is -0.496 e. The Hall–Kier alpha value is -0.780. The topological polar surface area (TPSA) is 55.4 Å². The van der Waals surface area contributed by atoms with Crippen molar-refractivity contribution in [2.45, 2.75) is 26.2 Å². The van der Waals surface area contributed by atoms with Crippen LogP contribution in [0.15, 0.2) is 18.2 Å². The molecule has 0 aromatic heterocycles. The van der Waals surface area contributed by atoms with Gasteiger partial charge in [-0.15, -0.1) is 0 Å². The van der Waals surface area contributed by atoms with Crippen LogP contribution >= 0.6 is 11.6 Å². The highest BCUT2D eigenvalue weighted by Gasteiger charge is 2.10. The number of benzene rings is 1. The smallest absolute Gasteiger partial charge is 0.211 e. The van der Waals surface area contributed by atoms with E-state index in [2.05, 4.69) is 4.72 Å². The van der Waals surface area contributed by atoms with E-state index in [-0.39, 0.29) is 5.75 Å². The molecular formula is C13H20ClNO3S. The van der Waals surface area contributed by atoms with E-state index >= 15 is 0 Å². The standard InChI is InChI=1S/C13H20ClNO3S/c1-3-4-9-19(16,17)15-8-7-11-10-12(14)5-6-13(11)18-2/h5-6,10,15H,3-4,7-9H2,1-2H3. The van der Waals surface area contributed by atoms with Crippen molar-refractivity contribution in [3.8, 4) is 5.75 Å². The van der Waals surface area contributed by atoms with Crippen LogP contribution in [0.5, 0.6) is 5.75 Å². The molecule has 0 unspecified atom stereocenters. The van der Waals surface area contributed by atoms with Gasteiger partial charge in [-0.05, 0) is 36.6 Å². The van der Waals surface area contributed by atoms with Crippen LogP contribution < -0.4 is 9.46 Å². The van der Waals surface area contributed by atoms with Gasteiger partial charge in [-0.1, -0.05) is 24.9 Å². The van der Waals surface area contributed by atoms with Crippen molar-refractivity contribution < 1.29 is 13.2 Å². The second kappa shape index (κ2) is 7.72. The van der Waals surface area contributed by atoms with Crippen molar-refractivity contribution in [3.05, 3.63) is 28.8 Å². The molecule has 6 heteroatoms. The molecule has 0 heterocycles. The molecule has 108 valence electrons. The summed E-state index contributed by atoms with van der Waals surface area (Å²) in [6.07, 6.45) is 2.09. The molecule has 1 N–H and O–H groups in total. The summed E-state index contributed by atoms with van der Waals surface area (Å²) in [6.45, 7) is 2.31. The number of halogens is 1. The molecular weight excluding hydrogens is 286 g/mol. The number of hydrogen-bond acceptors (Lipinski definition) is 3. The zero-order valence-corrected chi connectivity index (χ0v) is 12.9. The fourth-order valence-corrected chi connectivity index (χ4v) is 3.11. The van der Waals surface area contributed by atoms with Gasteiger partial charge < -0.3 is 4.74 Å². The first kappa shape index (κ1) is 16.3. The lowest BCUT2D eigenvalue weighted by atomic mass is 10.1. The molecule has 0 aliphatic heterocycles. The fraction of sp³-hybridized carbons (Fsp3) is 0.538. The number of sulfonamides is 1. The monoisotopic (exact) mass is 305 g/mol. The Morgan fingerprint density at radius 3 is 2.74 bits per heavy atom. The summed E-state index contributed by atoms with van der Waals surface area (Å²) in [5.74, 6) is 0.896. The van der Waals surface area contributed by atoms with Crippen LogP contribution in [0.25, 0.3) is 0 Å². The predicted octanol–water partition coefficient (Wildman–Crippen LogP) is 2.61. The number of nitrogens with one attached hydrogen (secondary N) is 1. The summed E-state index contributed by atoms with van der Waals surface area (Å²) in [5.41, 5.74) is 0.896. The van der Waals surface area contributed by atoms with Crippen LogP contribution in [-0.4, -0.2) is 27.8 Å². The average Bonchev–Trinajstić information content (AvgIpc) is 2.36. The third-order valence-electron chi connectivity index (χ3n) is 2.73. The van der Waals surface area contributed by atoms with Gasteiger partial charge in [0.05, 0.1) is 12.9 Å². The quantitative estimate of drug-likeness (QED) is 0.803. The van der Waals surface area contributed by atoms with Gasteiger partial charge in [-0.25, -0.2) is 13.1 Å². The SMILES string of the molecule is CCCCS(=O)(=O)NCCc1cc(Cl)ccc1OC. The lowest BCUT2D eigenvalue weighted by Gasteiger charge is -2.10. The van der Waals surface area contributed by atoms with Crippen molar-refractivity contribution in [1.82, 2.24) is 4.72 Å². The van der Waals surface area contributed by atoms with Crippen molar-refractivity contribution in [1.29, 1.82) is 0 Å².